The second-order valence-corrected chi connectivity index (χ2v) is 8.00. The normalized spacial score (nSPS) is 10.7. The molecule has 1 aromatic heterocycles. The molecular formula is C25H22N2OS. The van der Waals surface area contributed by atoms with Crippen LogP contribution < -0.4 is 5.32 Å². The SMILES string of the molecule is Cc1ccc(C)c(-c2csc(NC(=O)Cc3ccc(-c4ccccc4)cc3)n2)c1. The lowest BCUT2D eigenvalue weighted by Crippen LogP contribution is -2.14. The van der Waals surface area contributed by atoms with Crippen molar-refractivity contribution in [1.82, 2.24) is 4.98 Å². The summed E-state index contributed by atoms with van der Waals surface area (Å²) in [5.74, 6) is -0.0562. The van der Waals surface area contributed by atoms with E-state index in [9.17, 15) is 4.79 Å². The molecule has 29 heavy (non-hydrogen) atoms. The number of carbonyl (C=O) groups excluding carboxylic acids is 1. The molecule has 0 saturated carbocycles. The van der Waals surface area contributed by atoms with E-state index in [2.05, 4.69) is 66.6 Å². The van der Waals surface area contributed by atoms with Crippen molar-refractivity contribution >= 4 is 22.4 Å². The van der Waals surface area contributed by atoms with Crippen LogP contribution in [0.3, 0.4) is 0 Å². The number of amides is 1. The number of hydrogen-bond donors (Lipinski definition) is 1. The molecule has 0 radical (unpaired) electrons. The molecule has 0 fully saturated rings. The van der Waals surface area contributed by atoms with Gasteiger partial charge in [0, 0.05) is 10.9 Å². The number of nitrogens with one attached hydrogen (secondary N) is 1. The van der Waals surface area contributed by atoms with Crippen LogP contribution in [0.2, 0.25) is 0 Å². The first kappa shape index (κ1) is 19.1. The van der Waals surface area contributed by atoms with Crippen molar-refractivity contribution in [1.29, 1.82) is 0 Å². The third-order valence-corrected chi connectivity index (χ3v) is 5.60. The second-order valence-electron chi connectivity index (χ2n) is 7.14. The van der Waals surface area contributed by atoms with Crippen LogP contribution in [-0.4, -0.2) is 10.9 Å². The van der Waals surface area contributed by atoms with Gasteiger partial charge >= 0.3 is 0 Å². The van der Waals surface area contributed by atoms with E-state index in [-0.39, 0.29) is 5.91 Å². The van der Waals surface area contributed by atoms with E-state index in [1.807, 2.05) is 35.7 Å². The molecule has 1 amide bonds. The summed E-state index contributed by atoms with van der Waals surface area (Å²) in [6.07, 6.45) is 0.327. The number of aryl methyl sites for hydroxylation is 2. The number of nitrogens with zero attached hydrogens (tertiary/aromatic N) is 1. The highest BCUT2D eigenvalue weighted by atomic mass is 32.1. The monoisotopic (exact) mass is 398 g/mol. The third kappa shape index (κ3) is 4.61. The lowest BCUT2D eigenvalue weighted by Gasteiger charge is -2.05. The molecule has 1 N–H and O–H groups in total. The Morgan fingerprint density at radius 2 is 1.66 bits per heavy atom. The number of hydrogen-bond acceptors (Lipinski definition) is 3. The lowest BCUT2D eigenvalue weighted by molar-refractivity contribution is -0.115. The zero-order valence-corrected chi connectivity index (χ0v) is 17.3. The van der Waals surface area contributed by atoms with E-state index in [0.717, 1.165) is 22.4 Å². The van der Waals surface area contributed by atoms with E-state index in [4.69, 9.17) is 0 Å². The van der Waals surface area contributed by atoms with E-state index >= 15 is 0 Å². The minimum Gasteiger partial charge on any atom is -0.302 e. The van der Waals surface area contributed by atoms with Gasteiger partial charge in [-0.3, -0.25) is 4.79 Å². The van der Waals surface area contributed by atoms with Crippen molar-refractivity contribution in [3.05, 3.63) is 94.9 Å². The van der Waals surface area contributed by atoms with E-state index in [1.165, 1.54) is 28.0 Å². The average molecular weight is 399 g/mol. The van der Waals surface area contributed by atoms with Crippen molar-refractivity contribution in [2.45, 2.75) is 20.3 Å². The van der Waals surface area contributed by atoms with Gasteiger partial charge < -0.3 is 5.32 Å². The van der Waals surface area contributed by atoms with E-state index in [0.29, 0.717) is 11.6 Å². The predicted octanol–water partition coefficient (Wildman–Crippen LogP) is 6.28. The Hall–Kier alpha value is -3.24. The summed E-state index contributed by atoms with van der Waals surface area (Å²) in [6, 6.07) is 24.7. The maximum atomic E-state index is 12.5. The largest absolute Gasteiger partial charge is 0.302 e. The molecule has 0 saturated heterocycles. The molecular weight excluding hydrogens is 376 g/mol. The minimum atomic E-state index is -0.0562. The fourth-order valence-corrected chi connectivity index (χ4v) is 3.99. The van der Waals surface area contributed by atoms with Crippen molar-refractivity contribution in [3.63, 3.8) is 0 Å². The van der Waals surface area contributed by atoms with E-state index < -0.39 is 0 Å². The molecule has 3 nitrogen and oxygen atoms in total. The molecule has 1 heterocycles. The van der Waals surface area contributed by atoms with Gasteiger partial charge in [0.2, 0.25) is 5.91 Å². The molecule has 4 aromatic rings. The maximum Gasteiger partial charge on any atom is 0.230 e. The van der Waals surface area contributed by atoms with Crippen molar-refractivity contribution in [2.75, 3.05) is 5.32 Å². The van der Waals surface area contributed by atoms with Gasteiger partial charge in [0.25, 0.3) is 0 Å². The number of aromatic nitrogens is 1. The fraction of sp³-hybridized carbons (Fsp3) is 0.120. The van der Waals surface area contributed by atoms with E-state index in [1.54, 1.807) is 0 Å². The summed E-state index contributed by atoms with van der Waals surface area (Å²) in [4.78, 5) is 17.1. The van der Waals surface area contributed by atoms with Crippen LogP contribution >= 0.6 is 11.3 Å². The summed E-state index contributed by atoms with van der Waals surface area (Å²) in [5, 5.41) is 5.55. The zero-order valence-electron chi connectivity index (χ0n) is 16.5. The molecule has 0 unspecified atom stereocenters. The minimum absolute atomic E-state index is 0.0562. The summed E-state index contributed by atoms with van der Waals surface area (Å²) >= 11 is 1.45. The van der Waals surface area contributed by atoms with Crippen LogP contribution in [0.4, 0.5) is 5.13 Å². The van der Waals surface area contributed by atoms with Crippen LogP contribution in [0, 0.1) is 13.8 Å². The molecule has 4 rings (SSSR count). The van der Waals surface area contributed by atoms with Gasteiger partial charge in [-0.05, 0) is 42.2 Å². The van der Waals surface area contributed by atoms with Gasteiger partial charge in [-0.25, -0.2) is 4.98 Å². The Bertz CT molecular complexity index is 1130. The smallest absolute Gasteiger partial charge is 0.230 e. The molecule has 0 aliphatic heterocycles. The Morgan fingerprint density at radius 3 is 2.41 bits per heavy atom. The van der Waals surface area contributed by atoms with Gasteiger partial charge in [0.05, 0.1) is 12.1 Å². The Labute approximate surface area is 175 Å². The van der Waals surface area contributed by atoms with Crippen LogP contribution in [0.25, 0.3) is 22.4 Å². The number of rotatable bonds is 5. The van der Waals surface area contributed by atoms with Gasteiger partial charge in [-0.1, -0.05) is 72.3 Å². The maximum absolute atomic E-state index is 12.5. The second kappa shape index (κ2) is 8.41. The molecule has 3 aromatic carbocycles. The Balaban J connectivity index is 1.41. The van der Waals surface area contributed by atoms with Crippen molar-refractivity contribution < 1.29 is 4.79 Å². The lowest BCUT2D eigenvalue weighted by atomic mass is 10.0. The van der Waals surface area contributed by atoms with Crippen molar-refractivity contribution in [2.24, 2.45) is 0 Å². The molecule has 4 heteroatoms. The fourth-order valence-electron chi connectivity index (χ4n) is 3.26. The van der Waals surface area contributed by atoms with Gasteiger partial charge in [-0.15, -0.1) is 11.3 Å². The first-order chi connectivity index (χ1) is 14.1. The standard InChI is InChI=1S/C25H22N2OS/c1-17-8-9-18(2)22(14-17)23-16-29-25(26-23)27-24(28)15-19-10-12-21(13-11-19)20-6-4-3-5-7-20/h3-14,16H,15H2,1-2H3,(H,26,27,28). The van der Waals surface area contributed by atoms with Crippen LogP contribution in [0.1, 0.15) is 16.7 Å². The summed E-state index contributed by atoms with van der Waals surface area (Å²) in [6.45, 7) is 4.15. The Morgan fingerprint density at radius 1 is 0.931 bits per heavy atom. The highest BCUT2D eigenvalue weighted by Crippen LogP contribution is 2.28. The first-order valence-corrected chi connectivity index (χ1v) is 10.4. The first-order valence-electron chi connectivity index (χ1n) is 9.56. The molecule has 0 atom stereocenters. The third-order valence-electron chi connectivity index (χ3n) is 4.85. The average Bonchev–Trinajstić information content (AvgIpc) is 3.19. The zero-order chi connectivity index (χ0) is 20.2. The predicted molar refractivity (Wildman–Crippen MR) is 121 cm³/mol. The topological polar surface area (TPSA) is 42.0 Å². The molecule has 0 spiro atoms. The number of carbonyl (C=O) groups is 1. The molecule has 144 valence electrons. The summed E-state index contributed by atoms with van der Waals surface area (Å²) in [5.41, 5.74) is 7.68. The molecule has 0 aliphatic rings. The van der Waals surface area contributed by atoms with Crippen LogP contribution in [0.15, 0.2) is 78.2 Å². The highest BCUT2D eigenvalue weighted by molar-refractivity contribution is 7.14. The van der Waals surface area contributed by atoms with Gasteiger partial charge in [-0.2, -0.15) is 0 Å². The number of thiazole rings is 1. The number of anilines is 1. The Kier molecular flexibility index (Phi) is 5.54. The summed E-state index contributed by atoms with van der Waals surface area (Å²) < 4.78 is 0. The molecule has 0 aliphatic carbocycles. The summed E-state index contributed by atoms with van der Waals surface area (Å²) in [7, 11) is 0. The quantitative estimate of drug-likeness (QED) is 0.430. The van der Waals surface area contributed by atoms with Crippen molar-refractivity contribution in [3.8, 4) is 22.4 Å². The molecule has 0 bridgehead atoms. The highest BCUT2D eigenvalue weighted by Gasteiger charge is 2.11. The van der Waals surface area contributed by atoms with Crippen LogP contribution in [-0.2, 0) is 11.2 Å². The van der Waals surface area contributed by atoms with Crippen LogP contribution in [0.5, 0.6) is 0 Å². The van der Waals surface area contributed by atoms with Gasteiger partial charge in [0.1, 0.15) is 0 Å². The number of benzene rings is 3. The van der Waals surface area contributed by atoms with Gasteiger partial charge in [0.15, 0.2) is 5.13 Å².